The van der Waals surface area contributed by atoms with E-state index in [2.05, 4.69) is 6.92 Å². The molecule has 1 saturated heterocycles. The first kappa shape index (κ1) is 20.3. The lowest BCUT2D eigenvalue weighted by atomic mass is 10.0. The quantitative estimate of drug-likeness (QED) is 0.542. The molecule has 0 aromatic heterocycles. The third-order valence-electron chi connectivity index (χ3n) is 4.30. The average molecular weight is 384 g/mol. The number of hydrogen-bond donors (Lipinski definition) is 0. The molecule has 0 radical (unpaired) electrons. The minimum Gasteiger partial charge on any atom is -0.452 e. The molecule has 8 nitrogen and oxygen atoms in total. The van der Waals surface area contributed by atoms with Crippen molar-refractivity contribution >= 4 is 21.9 Å². The smallest absolute Gasteiger partial charge is 0.338 e. The number of nitrogens with zero attached hydrogens (tertiary/aromatic N) is 2. The number of carbonyl (C=O) groups is 2. The molecule has 1 aliphatic rings. The molecule has 1 amide bonds. The van der Waals surface area contributed by atoms with Gasteiger partial charge in [-0.25, -0.2) is 13.2 Å². The zero-order valence-electron chi connectivity index (χ0n) is 15.2. The average Bonchev–Trinajstić information content (AvgIpc) is 2.65. The van der Waals surface area contributed by atoms with Crippen molar-refractivity contribution in [2.75, 3.05) is 33.9 Å². The van der Waals surface area contributed by atoms with Crippen molar-refractivity contribution in [3.8, 4) is 0 Å². The van der Waals surface area contributed by atoms with E-state index in [1.165, 1.54) is 38.4 Å². The van der Waals surface area contributed by atoms with Crippen LogP contribution in [0.2, 0.25) is 0 Å². The van der Waals surface area contributed by atoms with E-state index in [1.807, 2.05) is 0 Å². The first-order chi connectivity index (χ1) is 12.3. The highest BCUT2D eigenvalue weighted by Gasteiger charge is 2.24. The standard InChI is InChI=1S/C17H24N2O6S/c1-13-6-5-9-19(11-13)16(20)12-25-17(21)14-7-4-8-15(10-14)26(22,23)18(2)24-3/h4,7-8,10,13H,5-6,9,11-12H2,1-3H3/t13-/m0/s1. The molecule has 1 aliphatic heterocycles. The number of benzene rings is 1. The summed E-state index contributed by atoms with van der Waals surface area (Å²) in [7, 11) is -1.40. The molecular weight excluding hydrogens is 360 g/mol. The molecule has 1 fully saturated rings. The number of hydroxylamine groups is 1. The number of likely N-dealkylation sites (tertiary alicyclic amines) is 1. The summed E-state index contributed by atoms with van der Waals surface area (Å²) in [5.41, 5.74) is 0.0513. The van der Waals surface area contributed by atoms with Crippen LogP contribution in [0.5, 0.6) is 0 Å². The van der Waals surface area contributed by atoms with Crippen molar-refractivity contribution in [1.29, 1.82) is 0 Å². The molecule has 1 aromatic rings. The Morgan fingerprint density at radius 3 is 2.73 bits per heavy atom. The van der Waals surface area contributed by atoms with Gasteiger partial charge in [-0.1, -0.05) is 17.5 Å². The Morgan fingerprint density at radius 1 is 1.35 bits per heavy atom. The van der Waals surface area contributed by atoms with Crippen LogP contribution in [0.15, 0.2) is 29.2 Å². The van der Waals surface area contributed by atoms with Crippen LogP contribution in [-0.2, 0) is 24.4 Å². The van der Waals surface area contributed by atoms with Crippen molar-refractivity contribution < 1.29 is 27.6 Å². The molecule has 0 saturated carbocycles. The molecule has 0 bridgehead atoms. The molecule has 1 heterocycles. The van der Waals surface area contributed by atoms with Gasteiger partial charge in [0.15, 0.2) is 6.61 Å². The fourth-order valence-corrected chi connectivity index (χ4v) is 3.77. The highest BCUT2D eigenvalue weighted by Crippen LogP contribution is 2.17. The van der Waals surface area contributed by atoms with Gasteiger partial charge in [-0.2, -0.15) is 0 Å². The highest BCUT2D eigenvalue weighted by atomic mass is 32.2. The van der Waals surface area contributed by atoms with E-state index < -0.39 is 16.0 Å². The van der Waals surface area contributed by atoms with Crippen molar-refractivity contribution in [2.24, 2.45) is 5.92 Å². The van der Waals surface area contributed by atoms with Crippen LogP contribution in [0.4, 0.5) is 0 Å². The van der Waals surface area contributed by atoms with Crippen molar-refractivity contribution in [2.45, 2.75) is 24.7 Å². The predicted molar refractivity (Wildman–Crippen MR) is 93.7 cm³/mol. The Kier molecular flexibility index (Phi) is 6.74. The molecule has 26 heavy (non-hydrogen) atoms. The van der Waals surface area contributed by atoms with Crippen LogP contribution in [0.1, 0.15) is 30.1 Å². The maximum absolute atomic E-state index is 12.2. The maximum Gasteiger partial charge on any atom is 0.338 e. The second kappa shape index (κ2) is 8.61. The Balaban J connectivity index is 2.02. The monoisotopic (exact) mass is 384 g/mol. The number of ether oxygens (including phenoxy) is 1. The first-order valence-corrected chi connectivity index (χ1v) is 9.77. The molecule has 1 atom stereocenters. The predicted octanol–water partition coefficient (Wildman–Crippen LogP) is 1.28. The minimum atomic E-state index is -3.87. The summed E-state index contributed by atoms with van der Waals surface area (Å²) in [5, 5.41) is 0. The first-order valence-electron chi connectivity index (χ1n) is 8.33. The van der Waals surface area contributed by atoms with Crippen LogP contribution >= 0.6 is 0 Å². The summed E-state index contributed by atoms with van der Waals surface area (Å²) < 4.78 is 30.2. The zero-order valence-corrected chi connectivity index (χ0v) is 16.0. The van der Waals surface area contributed by atoms with E-state index in [-0.39, 0.29) is 23.0 Å². The number of esters is 1. The van der Waals surface area contributed by atoms with E-state index in [1.54, 1.807) is 4.90 Å². The van der Waals surface area contributed by atoms with Crippen molar-refractivity contribution in [1.82, 2.24) is 9.37 Å². The lowest BCUT2D eigenvalue weighted by Gasteiger charge is -2.30. The van der Waals surface area contributed by atoms with E-state index >= 15 is 0 Å². The van der Waals surface area contributed by atoms with Gasteiger partial charge in [0.05, 0.1) is 17.6 Å². The van der Waals surface area contributed by atoms with Gasteiger partial charge >= 0.3 is 5.97 Å². The largest absolute Gasteiger partial charge is 0.452 e. The summed E-state index contributed by atoms with van der Waals surface area (Å²) in [6.07, 6.45) is 2.02. The van der Waals surface area contributed by atoms with Crippen LogP contribution < -0.4 is 0 Å². The number of hydrogen-bond acceptors (Lipinski definition) is 6. The molecule has 144 valence electrons. The summed E-state index contributed by atoms with van der Waals surface area (Å²) in [5.74, 6) is -0.559. The number of piperidine rings is 1. The topological polar surface area (TPSA) is 93.2 Å². The summed E-state index contributed by atoms with van der Waals surface area (Å²) in [6, 6.07) is 5.41. The van der Waals surface area contributed by atoms with Crippen molar-refractivity contribution in [3.63, 3.8) is 0 Å². The molecule has 1 aromatic carbocycles. The number of carbonyl (C=O) groups excluding carboxylic acids is 2. The fourth-order valence-electron chi connectivity index (χ4n) is 2.75. The number of amides is 1. The van der Waals surface area contributed by atoms with Crippen LogP contribution in [0.25, 0.3) is 0 Å². The Hall–Kier alpha value is -1.97. The molecule has 0 unspecified atom stereocenters. The lowest BCUT2D eigenvalue weighted by Crippen LogP contribution is -2.41. The zero-order chi connectivity index (χ0) is 19.3. The van der Waals surface area contributed by atoms with E-state index in [9.17, 15) is 18.0 Å². The second-order valence-corrected chi connectivity index (χ2v) is 8.22. The van der Waals surface area contributed by atoms with E-state index in [0.717, 1.165) is 12.8 Å². The molecule has 2 rings (SSSR count). The van der Waals surface area contributed by atoms with Crippen LogP contribution in [-0.4, -0.2) is 63.5 Å². The third kappa shape index (κ3) is 4.80. The summed E-state index contributed by atoms with van der Waals surface area (Å²) in [4.78, 5) is 30.6. The number of rotatable bonds is 6. The Morgan fingerprint density at radius 2 is 2.08 bits per heavy atom. The summed E-state index contributed by atoms with van der Waals surface area (Å²) in [6.45, 7) is 3.04. The minimum absolute atomic E-state index is 0.0513. The molecule has 0 spiro atoms. The lowest BCUT2D eigenvalue weighted by molar-refractivity contribution is -0.136. The van der Waals surface area contributed by atoms with Crippen LogP contribution in [0.3, 0.4) is 0 Å². The maximum atomic E-state index is 12.2. The second-order valence-electron chi connectivity index (χ2n) is 6.29. The molecular formula is C17H24N2O6S. The summed E-state index contributed by atoms with van der Waals surface area (Å²) >= 11 is 0. The highest BCUT2D eigenvalue weighted by molar-refractivity contribution is 7.89. The van der Waals surface area contributed by atoms with Gasteiger partial charge in [0.2, 0.25) is 0 Å². The number of sulfonamides is 1. The SMILES string of the molecule is CON(C)S(=O)(=O)c1cccc(C(=O)OCC(=O)N2CCC[C@H](C)C2)c1. The van der Waals surface area contributed by atoms with E-state index in [0.29, 0.717) is 23.5 Å². The third-order valence-corrected chi connectivity index (χ3v) is 5.98. The van der Waals surface area contributed by atoms with Crippen molar-refractivity contribution in [3.05, 3.63) is 29.8 Å². The molecule has 9 heteroatoms. The van der Waals surface area contributed by atoms with Gasteiger partial charge in [-0.05, 0) is 37.0 Å². The fraction of sp³-hybridized carbons (Fsp3) is 0.529. The van der Waals surface area contributed by atoms with Gasteiger partial charge < -0.3 is 9.64 Å². The van der Waals surface area contributed by atoms with Gasteiger partial charge in [0.1, 0.15) is 0 Å². The van der Waals surface area contributed by atoms with Gasteiger partial charge in [-0.3, -0.25) is 9.63 Å². The van der Waals surface area contributed by atoms with E-state index in [4.69, 9.17) is 9.57 Å². The Bertz CT molecular complexity index is 764. The van der Waals surface area contributed by atoms with Gasteiger partial charge in [0, 0.05) is 20.1 Å². The molecule has 0 N–H and O–H groups in total. The van der Waals surface area contributed by atoms with Crippen LogP contribution in [0, 0.1) is 5.92 Å². The normalized spacial score (nSPS) is 18.0. The van der Waals surface area contributed by atoms with Gasteiger partial charge in [0.25, 0.3) is 15.9 Å². The Labute approximate surface area is 153 Å². The molecule has 0 aliphatic carbocycles. The van der Waals surface area contributed by atoms with Gasteiger partial charge in [-0.15, -0.1) is 0 Å².